The van der Waals surface area contributed by atoms with Crippen LogP contribution in [-0.2, 0) is 26.4 Å². The molecule has 0 fully saturated rings. The van der Waals surface area contributed by atoms with Crippen LogP contribution in [0.15, 0.2) is 24.5 Å². The first kappa shape index (κ1) is 14.1. The molecule has 0 unspecified atom stereocenters. The zero-order chi connectivity index (χ0) is 14.8. The molecule has 1 aromatic carbocycles. The van der Waals surface area contributed by atoms with Gasteiger partial charge in [0.15, 0.2) is 5.82 Å². The van der Waals surface area contributed by atoms with Gasteiger partial charge in [0, 0.05) is 32.3 Å². The highest BCUT2D eigenvalue weighted by molar-refractivity contribution is 6.17. The molecule has 0 bridgehead atoms. The molecule has 3 rings (SSSR count). The molecule has 21 heavy (non-hydrogen) atoms. The summed E-state index contributed by atoms with van der Waals surface area (Å²) in [6, 6.07) is 6.21. The molecule has 0 radical (unpaired) electrons. The lowest BCUT2D eigenvalue weighted by atomic mass is 10.2. The molecule has 0 aliphatic carbocycles. The van der Waals surface area contributed by atoms with Crippen molar-refractivity contribution in [1.29, 1.82) is 0 Å². The Kier molecular flexibility index (Phi) is 3.92. The van der Waals surface area contributed by atoms with Gasteiger partial charge < -0.3 is 4.57 Å². The fraction of sp³-hybridized carbons (Fsp3) is 0.400. The van der Waals surface area contributed by atoms with Crippen LogP contribution >= 0.6 is 11.6 Å². The second kappa shape index (κ2) is 5.85. The van der Waals surface area contributed by atoms with Crippen LogP contribution < -0.4 is 0 Å². The zero-order valence-electron chi connectivity index (χ0n) is 12.3. The molecular formula is C15H18ClN5. The molecule has 110 valence electrons. The number of aromatic nitrogens is 5. The summed E-state index contributed by atoms with van der Waals surface area (Å²) in [4.78, 5) is 9.00. The van der Waals surface area contributed by atoms with Gasteiger partial charge in [-0.3, -0.25) is 4.68 Å². The topological polar surface area (TPSA) is 48.5 Å². The third-order valence-corrected chi connectivity index (χ3v) is 3.76. The average molecular weight is 304 g/mol. The molecule has 3 aromatic rings. The second-order valence-corrected chi connectivity index (χ2v) is 5.52. The SMILES string of the molecule is Cc1cccc2nc(CCCl)n(CCc3ncn(C)n3)c12. The van der Waals surface area contributed by atoms with E-state index in [0.29, 0.717) is 5.88 Å². The Hall–Kier alpha value is -1.88. The van der Waals surface area contributed by atoms with Crippen LogP contribution in [0.5, 0.6) is 0 Å². The first-order chi connectivity index (χ1) is 10.2. The maximum atomic E-state index is 5.91. The number of nitrogens with zero attached hydrogens (tertiary/aromatic N) is 5. The molecule has 5 nitrogen and oxygen atoms in total. The Morgan fingerprint density at radius 1 is 1.24 bits per heavy atom. The minimum Gasteiger partial charge on any atom is -0.327 e. The van der Waals surface area contributed by atoms with E-state index in [1.54, 1.807) is 11.0 Å². The molecule has 0 amide bonds. The fourth-order valence-electron chi connectivity index (χ4n) is 2.64. The summed E-state index contributed by atoms with van der Waals surface area (Å²) in [5, 5.41) is 4.33. The Labute approximate surface area is 128 Å². The summed E-state index contributed by atoms with van der Waals surface area (Å²) >= 11 is 5.91. The maximum Gasteiger partial charge on any atom is 0.152 e. The number of fused-ring (bicyclic) bond motifs is 1. The Bertz CT molecular complexity index is 759. The highest BCUT2D eigenvalue weighted by Crippen LogP contribution is 2.21. The van der Waals surface area contributed by atoms with Gasteiger partial charge >= 0.3 is 0 Å². The minimum atomic E-state index is 0.574. The Morgan fingerprint density at radius 3 is 2.81 bits per heavy atom. The van der Waals surface area contributed by atoms with E-state index in [-0.39, 0.29) is 0 Å². The number of benzene rings is 1. The first-order valence-electron chi connectivity index (χ1n) is 7.04. The van der Waals surface area contributed by atoms with Crippen LogP contribution in [0, 0.1) is 6.92 Å². The van der Waals surface area contributed by atoms with E-state index in [0.717, 1.165) is 36.6 Å². The number of aryl methyl sites for hydroxylation is 5. The molecule has 0 aliphatic rings. The molecule has 0 N–H and O–H groups in total. The summed E-state index contributed by atoms with van der Waals surface area (Å²) in [5.41, 5.74) is 3.45. The summed E-state index contributed by atoms with van der Waals surface area (Å²) in [6.07, 6.45) is 3.29. The standard InChI is InChI=1S/C15H18ClN5/c1-11-4-3-5-12-15(11)21(14(18-12)6-8-16)9-7-13-17-10-20(2)19-13/h3-5,10H,6-9H2,1-2H3. The Balaban J connectivity index is 1.96. The van der Waals surface area contributed by atoms with E-state index < -0.39 is 0 Å². The molecule has 0 saturated carbocycles. The third-order valence-electron chi connectivity index (χ3n) is 3.57. The lowest BCUT2D eigenvalue weighted by molar-refractivity contribution is 0.645. The quantitative estimate of drug-likeness (QED) is 0.680. The first-order valence-corrected chi connectivity index (χ1v) is 7.57. The van der Waals surface area contributed by atoms with Crippen molar-refractivity contribution in [1.82, 2.24) is 24.3 Å². The number of halogens is 1. The molecule has 2 aromatic heterocycles. The monoisotopic (exact) mass is 303 g/mol. The molecule has 0 atom stereocenters. The van der Waals surface area contributed by atoms with Crippen molar-refractivity contribution in [2.75, 3.05) is 5.88 Å². The molecule has 0 spiro atoms. The van der Waals surface area contributed by atoms with Gasteiger partial charge in [-0.15, -0.1) is 11.6 Å². The zero-order valence-corrected chi connectivity index (χ0v) is 13.0. The van der Waals surface area contributed by atoms with Crippen LogP contribution in [-0.4, -0.2) is 30.2 Å². The van der Waals surface area contributed by atoms with Crippen LogP contribution in [0.1, 0.15) is 17.2 Å². The van der Waals surface area contributed by atoms with Gasteiger partial charge in [0.1, 0.15) is 12.2 Å². The van der Waals surface area contributed by atoms with Gasteiger partial charge in [0.05, 0.1) is 11.0 Å². The molecule has 0 saturated heterocycles. The fourth-order valence-corrected chi connectivity index (χ4v) is 2.81. The van der Waals surface area contributed by atoms with Crippen molar-refractivity contribution in [3.63, 3.8) is 0 Å². The highest BCUT2D eigenvalue weighted by Gasteiger charge is 2.12. The summed E-state index contributed by atoms with van der Waals surface area (Å²) in [5.74, 6) is 2.46. The van der Waals surface area contributed by atoms with Crippen LogP contribution in [0.3, 0.4) is 0 Å². The van der Waals surface area contributed by atoms with E-state index in [2.05, 4.69) is 33.7 Å². The van der Waals surface area contributed by atoms with Crippen molar-refractivity contribution in [3.8, 4) is 0 Å². The lowest BCUT2D eigenvalue weighted by Gasteiger charge is -2.08. The molecule has 6 heteroatoms. The average Bonchev–Trinajstić information content (AvgIpc) is 3.01. The number of para-hydroxylation sites is 1. The largest absolute Gasteiger partial charge is 0.327 e. The summed E-state index contributed by atoms with van der Waals surface area (Å²) < 4.78 is 3.98. The number of rotatable bonds is 5. The number of hydrogen-bond acceptors (Lipinski definition) is 3. The van der Waals surface area contributed by atoms with Crippen molar-refractivity contribution in [2.24, 2.45) is 7.05 Å². The van der Waals surface area contributed by atoms with Gasteiger partial charge in [-0.05, 0) is 18.6 Å². The summed E-state index contributed by atoms with van der Waals surface area (Å²) in [6.45, 7) is 2.93. The van der Waals surface area contributed by atoms with Crippen molar-refractivity contribution in [3.05, 3.63) is 41.7 Å². The third kappa shape index (κ3) is 2.78. The van der Waals surface area contributed by atoms with E-state index in [4.69, 9.17) is 16.6 Å². The molecule has 2 heterocycles. The lowest BCUT2D eigenvalue weighted by Crippen LogP contribution is -2.08. The van der Waals surface area contributed by atoms with Crippen molar-refractivity contribution >= 4 is 22.6 Å². The normalized spacial score (nSPS) is 11.4. The smallest absolute Gasteiger partial charge is 0.152 e. The second-order valence-electron chi connectivity index (χ2n) is 5.15. The van der Waals surface area contributed by atoms with Crippen molar-refractivity contribution in [2.45, 2.75) is 26.3 Å². The number of hydrogen-bond donors (Lipinski definition) is 0. The predicted molar refractivity (Wildman–Crippen MR) is 83.6 cm³/mol. The van der Waals surface area contributed by atoms with E-state index >= 15 is 0 Å². The Morgan fingerprint density at radius 2 is 2.10 bits per heavy atom. The van der Waals surface area contributed by atoms with Crippen LogP contribution in [0.25, 0.3) is 11.0 Å². The van der Waals surface area contributed by atoms with E-state index in [9.17, 15) is 0 Å². The van der Waals surface area contributed by atoms with Gasteiger partial charge in [0.2, 0.25) is 0 Å². The molecular weight excluding hydrogens is 286 g/mol. The van der Waals surface area contributed by atoms with E-state index in [1.165, 1.54) is 11.1 Å². The van der Waals surface area contributed by atoms with Gasteiger partial charge in [-0.2, -0.15) is 5.10 Å². The van der Waals surface area contributed by atoms with E-state index in [1.807, 2.05) is 13.1 Å². The maximum absolute atomic E-state index is 5.91. The van der Waals surface area contributed by atoms with Gasteiger partial charge in [-0.25, -0.2) is 9.97 Å². The summed E-state index contributed by atoms with van der Waals surface area (Å²) in [7, 11) is 1.88. The number of alkyl halides is 1. The predicted octanol–water partition coefficient (Wildman–Crippen LogP) is 2.50. The van der Waals surface area contributed by atoms with Crippen LogP contribution in [0.2, 0.25) is 0 Å². The van der Waals surface area contributed by atoms with Gasteiger partial charge in [0.25, 0.3) is 0 Å². The highest BCUT2D eigenvalue weighted by atomic mass is 35.5. The minimum absolute atomic E-state index is 0.574. The molecule has 0 aliphatic heterocycles. The van der Waals surface area contributed by atoms with Crippen LogP contribution in [0.4, 0.5) is 0 Å². The van der Waals surface area contributed by atoms with Gasteiger partial charge in [-0.1, -0.05) is 12.1 Å². The number of imidazole rings is 1. The van der Waals surface area contributed by atoms with Crippen molar-refractivity contribution < 1.29 is 0 Å².